The molecule has 1 saturated heterocycles. The lowest BCUT2D eigenvalue weighted by atomic mass is 10.2. The van der Waals surface area contributed by atoms with E-state index < -0.39 is 5.97 Å². The van der Waals surface area contributed by atoms with E-state index in [-0.39, 0.29) is 6.42 Å². The summed E-state index contributed by atoms with van der Waals surface area (Å²) in [5, 5.41) is 8.85. The number of aromatic nitrogens is 2. The Morgan fingerprint density at radius 3 is 2.41 bits per heavy atom. The molecule has 0 radical (unpaired) electrons. The topological polar surface area (TPSA) is 69.6 Å². The van der Waals surface area contributed by atoms with Crippen LogP contribution in [0.15, 0.2) is 42.7 Å². The molecule has 0 saturated carbocycles. The predicted molar refractivity (Wildman–Crippen MR) is 84.2 cm³/mol. The molecule has 3 rings (SSSR count). The van der Waals surface area contributed by atoms with Crippen molar-refractivity contribution in [3.8, 4) is 0 Å². The summed E-state index contributed by atoms with van der Waals surface area (Å²) in [6, 6.07) is 12.1. The molecular weight excluding hydrogens is 280 g/mol. The molecule has 1 aromatic heterocycles. The lowest BCUT2D eigenvalue weighted by Gasteiger charge is -2.36. The summed E-state index contributed by atoms with van der Waals surface area (Å²) in [5.74, 6) is -0.0718. The van der Waals surface area contributed by atoms with Gasteiger partial charge in [0.25, 0.3) is 0 Å². The number of nitrogens with zero attached hydrogens (tertiary/aromatic N) is 4. The summed E-state index contributed by atoms with van der Waals surface area (Å²) in [6.45, 7) is 3.56. The molecule has 6 heteroatoms. The fourth-order valence-electron chi connectivity index (χ4n) is 2.64. The first-order valence-corrected chi connectivity index (χ1v) is 7.30. The second-order valence-corrected chi connectivity index (χ2v) is 5.25. The van der Waals surface area contributed by atoms with E-state index in [0.717, 1.165) is 32.0 Å². The van der Waals surface area contributed by atoms with Crippen molar-refractivity contribution in [1.29, 1.82) is 0 Å². The van der Waals surface area contributed by atoms with Crippen molar-refractivity contribution < 1.29 is 9.90 Å². The number of para-hydroxylation sites is 1. The average Bonchev–Trinajstić information content (AvgIpc) is 2.55. The molecule has 1 aliphatic heterocycles. The monoisotopic (exact) mass is 298 g/mol. The molecule has 2 heterocycles. The van der Waals surface area contributed by atoms with E-state index in [0.29, 0.717) is 5.69 Å². The molecule has 0 aliphatic carbocycles. The molecule has 2 aromatic rings. The number of benzene rings is 1. The molecule has 1 fully saturated rings. The Bertz CT molecular complexity index is 640. The Labute approximate surface area is 129 Å². The van der Waals surface area contributed by atoms with Gasteiger partial charge >= 0.3 is 5.97 Å². The lowest BCUT2D eigenvalue weighted by Crippen LogP contribution is -2.46. The fourth-order valence-corrected chi connectivity index (χ4v) is 2.64. The van der Waals surface area contributed by atoms with Gasteiger partial charge in [-0.25, -0.2) is 9.97 Å². The van der Waals surface area contributed by atoms with Gasteiger partial charge < -0.3 is 14.9 Å². The number of carboxylic acids is 1. The molecule has 0 unspecified atom stereocenters. The minimum Gasteiger partial charge on any atom is -0.481 e. The summed E-state index contributed by atoms with van der Waals surface area (Å²) >= 11 is 0. The standard InChI is InChI=1S/C16H18N4O2/c21-16(22)11-13-10-15(18-12-17-13)20-8-6-19(7-9-20)14-4-2-1-3-5-14/h1-5,10,12H,6-9,11H2,(H,21,22). The number of aliphatic carboxylic acids is 1. The summed E-state index contributed by atoms with van der Waals surface area (Å²) in [6.07, 6.45) is 1.37. The predicted octanol–water partition coefficient (Wildman–Crippen LogP) is 1.43. The number of hydrogen-bond donors (Lipinski definition) is 1. The van der Waals surface area contributed by atoms with E-state index in [1.165, 1.54) is 12.0 Å². The van der Waals surface area contributed by atoms with Crippen LogP contribution in [0, 0.1) is 0 Å². The van der Waals surface area contributed by atoms with Crippen molar-refractivity contribution in [2.24, 2.45) is 0 Å². The van der Waals surface area contributed by atoms with Crippen LogP contribution in [0.4, 0.5) is 11.5 Å². The number of rotatable bonds is 4. The zero-order chi connectivity index (χ0) is 15.4. The molecule has 22 heavy (non-hydrogen) atoms. The van der Waals surface area contributed by atoms with E-state index in [9.17, 15) is 4.79 Å². The molecule has 0 bridgehead atoms. The number of carboxylic acid groups (broad SMARTS) is 1. The first-order chi connectivity index (χ1) is 10.7. The normalized spacial score (nSPS) is 14.9. The zero-order valence-corrected chi connectivity index (χ0v) is 12.2. The smallest absolute Gasteiger partial charge is 0.309 e. The summed E-state index contributed by atoms with van der Waals surface area (Å²) in [5.41, 5.74) is 1.78. The van der Waals surface area contributed by atoms with Crippen molar-refractivity contribution in [3.63, 3.8) is 0 Å². The van der Waals surface area contributed by atoms with Gasteiger partial charge in [-0.1, -0.05) is 18.2 Å². The summed E-state index contributed by atoms with van der Waals surface area (Å²) in [4.78, 5) is 23.6. The van der Waals surface area contributed by atoms with E-state index in [1.54, 1.807) is 6.07 Å². The molecule has 0 spiro atoms. The van der Waals surface area contributed by atoms with Gasteiger partial charge in [-0.15, -0.1) is 0 Å². The maximum atomic E-state index is 10.8. The fraction of sp³-hybridized carbons (Fsp3) is 0.312. The molecule has 0 amide bonds. The van der Waals surface area contributed by atoms with Crippen molar-refractivity contribution in [1.82, 2.24) is 9.97 Å². The Morgan fingerprint density at radius 1 is 1.05 bits per heavy atom. The third-order valence-electron chi connectivity index (χ3n) is 3.77. The zero-order valence-electron chi connectivity index (χ0n) is 12.2. The number of carbonyl (C=O) groups is 1. The van der Waals surface area contributed by atoms with Gasteiger partial charge in [0.05, 0.1) is 12.1 Å². The maximum Gasteiger partial charge on any atom is 0.309 e. The SMILES string of the molecule is O=C(O)Cc1cc(N2CCN(c3ccccc3)CC2)ncn1. The minimum atomic E-state index is -0.876. The van der Waals surface area contributed by atoms with Crippen LogP contribution in [0.2, 0.25) is 0 Å². The van der Waals surface area contributed by atoms with Gasteiger partial charge in [-0.3, -0.25) is 4.79 Å². The van der Waals surface area contributed by atoms with E-state index in [1.807, 2.05) is 18.2 Å². The molecule has 1 aromatic carbocycles. The minimum absolute atomic E-state index is 0.0699. The maximum absolute atomic E-state index is 10.8. The highest BCUT2D eigenvalue weighted by atomic mass is 16.4. The Morgan fingerprint density at radius 2 is 1.73 bits per heavy atom. The van der Waals surface area contributed by atoms with Crippen LogP contribution in [0.25, 0.3) is 0 Å². The number of piperazine rings is 1. The Hall–Kier alpha value is -2.63. The third-order valence-corrected chi connectivity index (χ3v) is 3.77. The molecule has 0 atom stereocenters. The highest BCUT2D eigenvalue weighted by Gasteiger charge is 2.18. The third kappa shape index (κ3) is 3.33. The van der Waals surface area contributed by atoms with Crippen LogP contribution >= 0.6 is 0 Å². The highest BCUT2D eigenvalue weighted by Crippen LogP contribution is 2.19. The molecule has 114 valence electrons. The van der Waals surface area contributed by atoms with Crippen LogP contribution in [0.5, 0.6) is 0 Å². The van der Waals surface area contributed by atoms with Crippen LogP contribution in [0.1, 0.15) is 5.69 Å². The summed E-state index contributed by atoms with van der Waals surface area (Å²) in [7, 11) is 0. The Kier molecular flexibility index (Phi) is 4.18. The van der Waals surface area contributed by atoms with Gasteiger partial charge in [0.2, 0.25) is 0 Å². The van der Waals surface area contributed by atoms with Gasteiger partial charge in [0.15, 0.2) is 0 Å². The van der Waals surface area contributed by atoms with Crippen LogP contribution in [-0.2, 0) is 11.2 Å². The van der Waals surface area contributed by atoms with Crippen LogP contribution < -0.4 is 9.80 Å². The Balaban J connectivity index is 1.65. The second-order valence-electron chi connectivity index (χ2n) is 5.25. The molecular formula is C16H18N4O2. The molecule has 1 aliphatic rings. The van der Waals surface area contributed by atoms with Gasteiger partial charge in [-0.2, -0.15) is 0 Å². The van der Waals surface area contributed by atoms with Crippen molar-refractivity contribution in [3.05, 3.63) is 48.4 Å². The first-order valence-electron chi connectivity index (χ1n) is 7.30. The largest absolute Gasteiger partial charge is 0.481 e. The van der Waals surface area contributed by atoms with Gasteiger partial charge in [0, 0.05) is 37.9 Å². The first kappa shape index (κ1) is 14.3. The van der Waals surface area contributed by atoms with Crippen LogP contribution in [-0.4, -0.2) is 47.2 Å². The van der Waals surface area contributed by atoms with E-state index in [2.05, 4.69) is 31.9 Å². The molecule has 1 N–H and O–H groups in total. The van der Waals surface area contributed by atoms with Crippen molar-refractivity contribution in [2.45, 2.75) is 6.42 Å². The quantitative estimate of drug-likeness (QED) is 0.921. The summed E-state index contributed by atoms with van der Waals surface area (Å²) < 4.78 is 0. The van der Waals surface area contributed by atoms with Crippen LogP contribution in [0.3, 0.4) is 0 Å². The van der Waals surface area contributed by atoms with Crippen molar-refractivity contribution >= 4 is 17.5 Å². The van der Waals surface area contributed by atoms with Gasteiger partial charge in [-0.05, 0) is 12.1 Å². The van der Waals surface area contributed by atoms with Crippen molar-refractivity contribution in [2.75, 3.05) is 36.0 Å². The average molecular weight is 298 g/mol. The van der Waals surface area contributed by atoms with Gasteiger partial charge in [0.1, 0.15) is 12.1 Å². The lowest BCUT2D eigenvalue weighted by molar-refractivity contribution is -0.136. The highest BCUT2D eigenvalue weighted by molar-refractivity contribution is 5.69. The van der Waals surface area contributed by atoms with E-state index in [4.69, 9.17) is 5.11 Å². The second kappa shape index (κ2) is 6.43. The number of anilines is 2. The molecule has 6 nitrogen and oxygen atoms in total. The number of hydrogen-bond acceptors (Lipinski definition) is 5. The van der Waals surface area contributed by atoms with E-state index >= 15 is 0 Å².